The lowest BCUT2D eigenvalue weighted by Crippen LogP contribution is -2.68. The zero-order chi connectivity index (χ0) is 40.5. The number of oxime groups is 1. The molecule has 3 aromatic heterocycles. The Morgan fingerprint density at radius 3 is 2.41 bits per heavy atom. The van der Waals surface area contributed by atoms with Gasteiger partial charge in [-0.2, -0.15) is 8.42 Å². The number of carboxylic acids is 1. The van der Waals surface area contributed by atoms with Crippen LogP contribution in [0.4, 0.5) is 14.7 Å². The summed E-state index contributed by atoms with van der Waals surface area (Å²) >= 11 is 0.832. The number of likely N-dealkylation sites (tertiary alicyclic amines) is 1. The molecule has 0 radical (unpaired) electrons. The molecular weight excluding hydrogens is 764 g/mol. The van der Waals surface area contributed by atoms with Gasteiger partial charge < -0.3 is 35.2 Å². The van der Waals surface area contributed by atoms with E-state index in [2.05, 4.69) is 30.9 Å². The van der Waals surface area contributed by atoms with Crippen LogP contribution in [0.5, 0.6) is 5.75 Å². The Labute approximate surface area is 307 Å². The van der Waals surface area contributed by atoms with Gasteiger partial charge in [0.25, 0.3) is 11.8 Å². The molecule has 24 nitrogen and oxygen atoms in total. The standard InChI is InChI=1S/C28H34N10O14S2/c1-12(39)9-36-19(13-7-16(40)17(41)8-29-13)33-38(26(36)48)54(49,50)35-24(46)37-10-14(21(37)43)30-20(42)18(34-52-28(5,6)22(44)45)15-11-53-23(31-15)32-25(47)51-27(2,3)4/h7-8,11-12,14,39,41H,9-10H2,1-6H3,(H,29,40)(H,30,42)(H,35,46)(H,44,45)(H,31,32,47)/t12-,14+/m1/s1. The lowest BCUT2D eigenvalue weighted by atomic mass is 10.1. The quantitative estimate of drug-likeness (QED) is 0.0636. The number of aromatic nitrogens is 5. The van der Waals surface area contributed by atoms with Crippen LogP contribution in [-0.2, 0) is 40.7 Å². The van der Waals surface area contributed by atoms with E-state index in [-0.39, 0.29) is 20.6 Å². The van der Waals surface area contributed by atoms with Crippen LogP contribution in [-0.4, -0.2) is 118 Å². The van der Waals surface area contributed by atoms with Gasteiger partial charge in [0, 0.05) is 17.6 Å². The van der Waals surface area contributed by atoms with Crippen LogP contribution in [0, 0.1) is 0 Å². The number of imide groups is 1. The van der Waals surface area contributed by atoms with Gasteiger partial charge in [0.2, 0.25) is 11.0 Å². The van der Waals surface area contributed by atoms with Gasteiger partial charge in [-0.3, -0.25) is 29.2 Å². The topological polar surface area (TPSA) is 336 Å². The second-order valence-corrected chi connectivity index (χ2v) is 15.3. The minimum Gasteiger partial charge on any atom is -0.503 e. The highest BCUT2D eigenvalue weighted by Crippen LogP contribution is 2.20. The number of aliphatic hydroxyl groups is 1. The summed E-state index contributed by atoms with van der Waals surface area (Å²) in [5.74, 6) is -4.89. The largest absolute Gasteiger partial charge is 0.503 e. The first-order valence-electron chi connectivity index (χ1n) is 15.3. The number of carboxylic acid groups (broad SMARTS) is 1. The summed E-state index contributed by atoms with van der Waals surface area (Å²) in [5, 5.41) is 41.9. The summed E-state index contributed by atoms with van der Waals surface area (Å²) in [7, 11) is -5.19. The van der Waals surface area contributed by atoms with Gasteiger partial charge in [-0.25, -0.2) is 28.9 Å². The minimum absolute atomic E-state index is 0.0562. The molecule has 4 rings (SSSR count). The molecule has 1 aliphatic rings. The molecule has 7 N–H and O–H groups in total. The number of nitrogens with one attached hydrogen (secondary N) is 4. The molecule has 1 saturated heterocycles. The number of nitrogens with zero attached hydrogens (tertiary/aromatic N) is 6. The van der Waals surface area contributed by atoms with E-state index in [1.165, 1.54) is 17.0 Å². The van der Waals surface area contributed by atoms with Crippen molar-refractivity contribution in [3.63, 3.8) is 0 Å². The molecule has 2 atom stereocenters. The molecule has 292 valence electrons. The molecular formula is C28H34N10O14S2. The van der Waals surface area contributed by atoms with E-state index in [0.717, 1.165) is 37.4 Å². The van der Waals surface area contributed by atoms with E-state index >= 15 is 0 Å². The molecule has 0 spiro atoms. The first-order valence-corrected chi connectivity index (χ1v) is 17.7. The maximum absolute atomic E-state index is 13.3. The van der Waals surface area contributed by atoms with Crippen molar-refractivity contribution in [1.29, 1.82) is 0 Å². The van der Waals surface area contributed by atoms with Crippen molar-refractivity contribution in [2.45, 2.75) is 71.4 Å². The minimum atomic E-state index is -5.19. The van der Waals surface area contributed by atoms with Crippen molar-refractivity contribution in [3.8, 4) is 17.3 Å². The fourth-order valence-corrected chi connectivity index (χ4v) is 5.73. The number of aromatic amines is 1. The monoisotopic (exact) mass is 798 g/mol. The zero-order valence-electron chi connectivity index (χ0n) is 29.1. The Hall–Kier alpha value is -6.15. The number of aromatic hydroxyl groups is 1. The summed E-state index contributed by atoms with van der Waals surface area (Å²) in [6, 6.07) is -2.20. The lowest BCUT2D eigenvalue weighted by molar-refractivity contribution is -0.161. The van der Waals surface area contributed by atoms with Gasteiger partial charge in [0.05, 0.1) is 24.9 Å². The van der Waals surface area contributed by atoms with E-state index in [9.17, 15) is 57.3 Å². The molecule has 1 fully saturated rings. The smallest absolute Gasteiger partial charge is 0.413 e. The number of thiazole rings is 1. The third-order valence-corrected chi connectivity index (χ3v) is 8.67. The van der Waals surface area contributed by atoms with Crippen LogP contribution in [0.1, 0.15) is 47.2 Å². The summed E-state index contributed by atoms with van der Waals surface area (Å²) in [5.41, 5.74) is -6.19. The first kappa shape index (κ1) is 40.6. The van der Waals surface area contributed by atoms with E-state index in [1.54, 1.807) is 20.8 Å². The average Bonchev–Trinajstić information content (AvgIpc) is 3.62. The Kier molecular flexibility index (Phi) is 11.3. The summed E-state index contributed by atoms with van der Waals surface area (Å²) in [4.78, 5) is 99.8. The molecule has 3 aromatic rings. The summed E-state index contributed by atoms with van der Waals surface area (Å²) in [6.07, 6.45) is -1.24. The fraction of sp³-hybridized carbons (Fsp3) is 0.429. The Balaban J connectivity index is 1.51. The van der Waals surface area contributed by atoms with Crippen molar-refractivity contribution in [2.75, 3.05) is 11.9 Å². The number of anilines is 1. The number of rotatable bonds is 12. The molecule has 1 aliphatic heterocycles. The number of H-pyrrole nitrogens is 1. The maximum atomic E-state index is 13.3. The van der Waals surface area contributed by atoms with Gasteiger partial charge in [-0.1, -0.05) is 9.24 Å². The van der Waals surface area contributed by atoms with E-state index in [0.29, 0.717) is 9.47 Å². The highest BCUT2D eigenvalue weighted by atomic mass is 32.2. The van der Waals surface area contributed by atoms with Crippen LogP contribution in [0.3, 0.4) is 0 Å². The van der Waals surface area contributed by atoms with E-state index in [4.69, 9.17) is 9.57 Å². The van der Waals surface area contributed by atoms with Crippen LogP contribution < -0.4 is 26.5 Å². The highest BCUT2D eigenvalue weighted by Gasteiger charge is 2.44. The number of carbonyl (C=O) groups excluding carboxylic acids is 4. The number of aliphatic carboxylic acids is 1. The molecule has 0 bridgehead atoms. The second kappa shape index (κ2) is 15.1. The molecule has 4 heterocycles. The predicted octanol–water partition coefficient (Wildman–Crippen LogP) is -1.30. The van der Waals surface area contributed by atoms with Gasteiger partial charge in [0.1, 0.15) is 17.3 Å². The van der Waals surface area contributed by atoms with Gasteiger partial charge in [0.15, 0.2) is 22.4 Å². The normalized spacial score (nSPS) is 15.5. The number of aliphatic hydroxyl groups excluding tert-OH is 1. The van der Waals surface area contributed by atoms with Crippen molar-refractivity contribution in [2.24, 2.45) is 5.16 Å². The molecule has 26 heteroatoms. The number of hydrogen-bond acceptors (Lipinski definition) is 17. The number of β-lactam (4-membered cyclic amide) rings is 1. The Morgan fingerprint density at radius 2 is 1.83 bits per heavy atom. The third kappa shape index (κ3) is 9.25. The zero-order valence-corrected chi connectivity index (χ0v) is 30.8. The first-order chi connectivity index (χ1) is 24.9. The summed E-state index contributed by atoms with van der Waals surface area (Å²) < 4.78 is 33.4. The molecule has 0 unspecified atom stereocenters. The number of ether oxygens (including phenoxy) is 1. The fourth-order valence-electron chi connectivity index (χ4n) is 4.14. The van der Waals surface area contributed by atoms with Gasteiger partial charge in [-0.15, -0.1) is 16.4 Å². The van der Waals surface area contributed by atoms with Gasteiger partial charge >= 0.3 is 34.0 Å². The number of hydrogen-bond donors (Lipinski definition) is 7. The van der Waals surface area contributed by atoms with Crippen molar-refractivity contribution in [1.82, 2.24) is 38.7 Å². The lowest BCUT2D eigenvalue weighted by Gasteiger charge is -2.36. The Bertz CT molecular complexity index is 2260. The van der Waals surface area contributed by atoms with Crippen molar-refractivity contribution >= 4 is 62.3 Å². The number of pyridine rings is 1. The summed E-state index contributed by atoms with van der Waals surface area (Å²) in [6.45, 7) is 7.28. The number of carbonyl (C=O) groups is 5. The second-order valence-electron chi connectivity index (χ2n) is 12.9. The Morgan fingerprint density at radius 1 is 1.17 bits per heavy atom. The molecule has 5 amide bonds. The van der Waals surface area contributed by atoms with Crippen molar-refractivity contribution in [3.05, 3.63) is 44.0 Å². The highest BCUT2D eigenvalue weighted by molar-refractivity contribution is 7.88. The van der Waals surface area contributed by atoms with Crippen LogP contribution in [0.25, 0.3) is 11.5 Å². The number of urea groups is 1. The molecule has 0 aliphatic carbocycles. The third-order valence-electron chi connectivity index (χ3n) is 6.79. The number of amides is 5. The molecule has 0 aromatic carbocycles. The maximum Gasteiger partial charge on any atom is 0.413 e. The SMILES string of the molecule is C[C@@H](O)Cn1c(-c2cc(=O)c(O)c[nH]2)nn(S(=O)(=O)NC(=O)N2C[C@H](NC(=O)C(=NOC(C)(C)C(=O)O)c3csc(NC(=O)OC(C)(C)C)n3)C2=O)c1=O. The molecule has 0 saturated carbocycles. The van der Waals surface area contributed by atoms with Gasteiger partial charge in [-0.05, 0) is 41.5 Å². The predicted molar refractivity (Wildman–Crippen MR) is 184 cm³/mol. The van der Waals surface area contributed by atoms with E-state index < -0.39 is 105 Å². The average molecular weight is 799 g/mol. The van der Waals surface area contributed by atoms with Crippen molar-refractivity contribution < 1.29 is 57.3 Å². The molecule has 54 heavy (non-hydrogen) atoms. The van der Waals surface area contributed by atoms with Crippen LogP contribution >= 0.6 is 11.3 Å². The van der Waals surface area contributed by atoms with Crippen LogP contribution in [0.2, 0.25) is 0 Å². The van der Waals surface area contributed by atoms with Crippen LogP contribution in [0.15, 0.2) is 32.4 Å². The van der Waals surface area contributed by atoms with E-state index in [1.807, 2.05) is 0 Å².